The van der Waals surface area contributed by atoms with E-state index in [0.29, 0.717) is 25.8 Å². The Morgan fingerprint density at radius 1 is 0.700 bits per heavy atom. The van der Waals surface area contributed by atoms with Gasteiger partial charge in [-0.25, -0.2) is 0 Å². The van der Waals surface area contributed by atoms with E-state index in [0.717, 1.165) is 22.1 Å². The van der Waals surface area contributed by atoms with E-state index in [4.69, 9.17) is 5.73 Å². The lowest BCUT2D eigenvalue weighted by Gasteiger charge is -2.30. The highest BCUT2D eigenvalue weighted by Gasteiger charge is 2.32. The van der Waals surface area contributed by atoms with Crippen molar-refractivity contribution in [3.8, 4) is 0 Å². The van der Waals surface area contributed by atoms with E-state index in [2.05, 4.69) is 51.6 Å². The molecule has 0 aliphatic heterocycles. The standard InChI is InChI=1S/C41H53N5O4/c1-28(2)21-37(39(48)49)43-27-35(24-29-13-7-5-8-14-29)45-38(47)36(25-30-15-9-6-10-16-30)46-40(50)41(3,4)44-26-34(42)23-31-19-20-32-17-11-12-18-33(32)22-31/h5-20,22,28,34-37,43-44H,21,23-27,42H2,1-4H3,(H,45,47)(H,46,50)(H,48,49)/t34-,35-,36-,37-/m0/s1. The predicted molar refractivity (Wildman–Crippen MR) is 201 cm³/mol. The van der Waals surface area contributed by atoms with Gasteiger partial charge in [0.2, 0.25) is 11.8 Å². The Hall–Kier alpha value is -4.57. The number of nitrogens with one attached hydrogen (secondary N) is 4. The summed E-state index contributed by atoms with van der Waals surface area (Å²) < 4.78 is 0. The number of carbonyl (C=O) groups is 3. The fraction of sp³-hybridized carbons (Fsp3) is 0.390. The van der Waals surface area contributed by atoms with Crippen LogP contribution in [0, 0.1) is 5.92 Å². The lowest BCUT2D eigenvalue weighted by Crippen LogP contribution is -2.60. The molecule has 0 aliphatic carbocycles. The molecule has 4 aromatic carbocycles. The van der Waals surface area contributed by atoms with Crippen LogP contribution < -0.4 is 27.0 Å². The summed E-state index contributed by atoms with van der Waals surface area (Å²) in [5, 5.41) is 24.8. The summed E-state index contributed by atoms with van der Waals surface area (Å²) in [5.74, 6) is -1.41. The van der Waals surface area contributed by atoms with Crippen molar-refractivity contribution < 1.29 is 19.5 Å². The SMILES string of the molecule is CC(C)C[C@H](NC[C@H](Cc1ccccc1)NC(=O)[C@H](Cc1ccccc1)NC(=O)C(C)(C)NC[C@@H](N)Cc1ccc2ccccc2c1)C(=O)O. The zero-order valence-electron chi connectivity index (χ0n) is 29.7. The van der Waals surface area contributed by atoms with Gasteiger partial charge in [0, 0.05) is 31.6 Å². The average molecular weight is 680 g/mol. The van der Waals surface area contributed by atoms with Gasteiger partial charge in [0.15, 0.2) is 0 Å². The first-order chi connectivity index (χ1) is 23.9. The van der Waals surface area contributed by atoms with Crippen molar-refractivity contribution in [1.29, 1.82) is 0 Å². The van der Waals surface area contributed by atoms with Crippen LogP contribution in [0.1, 0.15) is 50.8 Å². The Balaban J connectivity index is 1.44. The smallest absolute Gasteiger partial charge is 0.320 e. The highest BCUT2D eigenvalue weighted by atomic mass is 16.4. The van der Waals surface area contributed by atoms with Crippen LogP contribution >= 0.6 is 0 Å². The minimum atomic E-state index is -1.02. The maximum Gasteiger partial charge on any atom is 0.320 e. The predicted octanol–water partition coefficient (Wildman–Crippen LogP) is 4.62. The Kier molecular flexibility index (Phi) is 14.1. The molecule has 0 aliphatic rings. The van der Waals surface area contributed by atoms with Crippen LogP contribution in [0.2, 0.25) is 0 Å². The van der Waals surface area contributed by atoms with E-state index >= 15 is 0 Å². The van der Waals surface area contributed by atoms with Crippen LogP contribution in [-0.4, -0.2) is 65.7 Å². The summed E-state index contributed by atoms with van der Waals surface area (Å²) in [7, 11) is 0. The zero-order chi connectivity index (χ0) is 36.1. The average Bonchev–Trinajstić information content (AvgIpc) is 3.09. The van der Waals surface area contributed by atoms with E-state index in [1.165, 1.54) is 5.39 Å². The van der Waals surface area contributed by atoms with Crippen LogP contribution in [0.25, 0.3) is 10.8 Å². The fourth-order valence-electron chi connectivity index (χ4n) is 6.01. The Morgan fingerprint density at radius 3 is 1.92 bits per heavy atom. The van der Waals surface area contributed by atoms with E-state index in [-0.39, 0.29) is 36.7 Å². The van der Waals surface area contributed by atoms with E-state index in [1.54, 1.807) is 13.8 Å². The molecular formula is C41H53N5O4. The summed E-state index contributed by atoms with van der Waals surface area (Å²) in [6, 6.07) is 31.5. The number of amides is 2. The van der Waals surface area contributed by atoms with Gasteiger partial charge in [-0.3, -0.25) is 14.4 Å². The van der Waals surface area contributed by atoms with Crippen molar-refractivity contribution in [2.45, 2.75) is 83.1 Å². The molecule has 0 saturated carbocycles. The van der Waals surface area contributed by atoms with E-state index in [1.807, 2.05) is 86.6 Å². The molecule has 0 aromatic heterocycles. The Bertz CT molecular complexity index is 1680. The Morgan fingerprint density at radius 2 is 1.30 bits per heavy atom. The number of fused-ring (bicyclic) bond motifs is 1. The van der Waals surface area contributed by atoms with Gasteiger partial charge in [-0.1, -0.05) is 117 Å². The topological polar surface area (TPSA) is 146 Å². The number of carboxylic acids is 1. The van der Waals surface area contributed by atoms with Gasteiger partial charge in [-0.05, 0) is 66.5 Å². The van der Waals surface area contributed by atoms with Gasteiger partial charge in [0.1, 0.15) is 12.1 Å². The van der Waals surface area contributed by atoms with Gasteiger partial charge in [0.25, 0.3) is 0 Å². The second kappa shape index (κ2) is 18.4. The van der Waals surface area contributed by atoms with Crippen LogP contribution in [0.3, 0.4) is 0 Å². The molecule has 4 atom stereocenters. The molecule has 9 nitrogen and oxygen atoms in total. The number of carboxylic acid groups (broad SMARTS) is 1. The lowest BCUT2D eigenvalue weighted by molar-refractivity contribution is -0.140. The summed E-state index contributed by atoms with van der Waals surface area (Å²) in [6.07, 6.45) is 1.88. The second-order valence-electron chi connectivity index (χ2n) is 14.2. The van der Waals surface area contributed by atoms with Gasteiger partial charge in [-0.15, -0.1) is 0 Å². The number of carbonyl (C=O) groups excluding carboxylic acids is 2. The molecule has 266 valence electrons. The van der Waals surface area contributed by atoms with Crippen LogP contribution in [0.15, 0.2) is 103 Å². The molecule has 7 N–H and O–H groups in total. The molecule has 4 rings (SSSR count). The number of hydrogen-bond acceptors (Lipinski definition) is 6. The van der Waals surface area contributed by atoms with Gasteiger partial charge in [0.05, 0.1) is 5.54 Å². The molecule has 4 aromatic rings. The van der Waals surface area contributed by atoms with Crippen molar-refractivity contribution in [3.05, 3.63) is 120 Å². The van der Waals surface area contributed by atoms with Gasteiger partial charge in [-0.2, -0.15) is 0 Å². The molecule has 0 unspecified atom stereocenters. The molecule has 0 radical (unpaired) electrons. The van der Waals surface area contributed by atoms with E-state index in [9.17, 15) is 19.5 Å². The molecule has 0 fully saturated rings. The molecule has 0 saturated heterocycles. The highest BCUT2D eigenvalue weighted by Crippen LogP contribution is 2.17. The first-order valence-corrected chi connectivity index (χ1v) is 17.5. The number of benzene rings is 4. The first-order valence-electron chi connectivity index (χ1n) is 17.5. The summed E-state index contributed by atoms with van der Waals surface area (Å²) >= 11 is 0. The number of aliphatic carboxylic acids is 1. The van der Waals surface area contributed by atoms with Crippen molar-refractivity contribution in [2.24, 2.45) is 11.7 Å². The van der Waals surface area contributed by atoms with Crippen molar-refractivity contribution >= 4 is 28.6 Å². The minimum absolute atomic E-state index is 0.182. The third-order valence-electron chi connectivity index (χ3n) is 8.88. The van der Waals surface area contributed by atoms with Gasteiger partial charge >= 0.3 is 5.97 Å². The highest BCUT2D eigenvalue weighted by molar-refractivity contribution is 5.92. The Labute approximate surface area is 296 Å². The molecule has 50 heavy (non-hydrogen) atoms. The summed E-state index contributed by atoms with van der Waals surface area (Å²) in [4.78, 5) is 39.8. The number of nitrogens with two attached hydrogens (primary N) is 1. The normalized spacial score (nSPS) is 14.1. The largest absolute Gasteiger partial charge is 0.480 e. The molecular weight excluding hydrogens is 626 g/mol. The number of rotatable bonds is 19. The molecule has 0 spiro atoms. The molecule has 0 heterocycles. The van der Waals surface area contributed by atoms with Crippen molar-refractivity contribution in [3.63, 3.8) is 0 Å². The van der Waals surface area contributed by atoms with Crippen molar-refractivity contribution in [2.75, 3.05) is 13.1 Å². The monoisotopic (exact) mass is 679 g/mol. The molecule has 2 amide bonds. The minimum Gasteiger partial charge on any atom is -0.480 e. The molecule has 9 heteroatoms. The van der Waals surface area contributed by atoms with Crippen LogP contribution in [0.4, 0.5) is 0 Å². The van der Waals surface area contributed by atoms with E-state index < -0.39 is 29.6 Å². The summed E-state index contributed by atoms with van der Waals surface area (Å²) in [6.45, 7) is 8.17. The zero-order valence-corrected chi connectivity index (χ0v) is 29.7. The quantitative estimate of drug-likeness (QED) is 0.0849. The maximum absolute atomic E-state index is 14.0. The van der Waals surface area contributed by atoms with Crippen LogP contribution in [-0.2, 0) is 33.6 Å². The third kappa shape index (κ3) is 12.1. The molecule has 0 bridgehead atoms. The summed E-state index contributed by atoms with van der Waals surface area (Å²) in [5.41, 5.74) is 8.53. The van der Waals surface area contributed by atoms with Gasteiger partial charge < -0.3 is 32.1 Å². The van der Waals surface area contributed by atoms with Crippen molar-refractivity contribution in [1.82, 2.24) is 21.3 Å². The third-order valence-corrected chi connectivity index (χ3v) is 8.88. The maximum atomic E-state index is 14.0. The first kappa shape index (κ1) is 38.2. The lowest BCUT2D eigenvalue weighted by atomic mass is 9.98. The second-order valence-corrected chi connectivity index (χ2v) is 14.2. The number of hydrogen-bond donors (Lipinski definition) is 6. The fourth-order valence-corrected chi connectivity index (χ4v) is 6.01. The van der Waals surface area contributed by atoms with Crippen LogP contribution in [0.5, 0.6) is 0 Å².